The molecule has 0 saturated heterocycles. The number of thiazole rings is 1. The molecule has 2 aromatic heterocycles. The second kappa shape index (κ2) is 10.0. The molecule has 3 aromatic rings. The summed E-state index contributed by atoms with van der Waals surface area (Å²) in [5, 5.41) is 0. The number of methoxy groups -OCH3 is 1. The van der Waals surface area contributed by atoms with Crippen LogP contribution in [-0.4, -0.2) is 35.8 Å². The van der Waals surface area contributed by atoms with Gasteiger partial charge in [0.25, 0.3) is 5.56 Å². The number of aromatic nitrogens is 2. The number of ether oxygens (including phenoxy) is 3. The van der Waals surface area contributed by atoms with Crippen LogP contribution in [0.4, 0.5) is 0 Å². The van der Waals surface area contributed by atoms with Gasteiger partial charge in [-0.25, -0.2) is 9.79 Å². The third kappa shape index (κ3) is 4.38. The normalized spacial score (nSPS) is 15.5. The SMILES string of the molecule is CCOc1ccc(C2C(C(=O)OC)=C(C)N=c3s/c(=C\c4ccccn4)c(=O)n32)cc1OCC. The van der Waals surface area contributed by atoms with Crippen molar-refractivity contribution in [1.29, 1.82) is 0 Å². The van der Waals surface area contributed by atoms with Crippen LogP contribution in [-0.2, 0) is 9.53 Å². The molecule has 0 fully saturated rings. The zero-order chi connectivity index (χ0) is 24.2. The smallest absolute Gasteiger partial charge is 0.338 e. The van der Waals surface area contributed by atoms with Gasteiger partial charge in [0.05, 0.1) is 47.9 Å². The molecule has 1 unspecified atom stereocenters. The molecule has 0 bridgehead atoms. The first kappa shape index (κ1) is 23.4. The highest BCUT2D eigenvalue weighted by molar-refractivity contribution is 7.07. The van der Waals surface area contributed by atoms with E-state index in [9.17, 15) is 9.59 Å². The first-order valence-electron chi connectivity index (χ1n) is 10.9. The maximum Gasteiger partial charge on any atom is 0.338 e. The van der Waals surface area contributed by atoms with E-state index in [-0.39, 0.29) is 5.56 Å². The van der Waals surface area contributed by atoms with E-state index < -0.39 is 12.0 Å². The molecule has 0 saturated carbocycles. The Balaban J connectivity index is 1.96. The molecular weight excluding hydrogens is 454 g/mol. The lowest BCUT2D eigenvalue weighted by molar-refractivity contribution is -0.136. The Labute approximate surface area is 200 Å². The van der Waals surface area contributed by atoms with Crippen LogP contribution in [0.5, 0.6) is 11.5 Å². The molecule has 0 radical (unpaired) electrons. The lowest BCUT2D eigenvalue weighted by atomic mass is 9.95. The highest BCUT2D eigenvalue weighted by Gasteiger charge is 2.33. The van der Waals surface area contributed by atoms with Crippen LogP contribution in [0.3, 0.4) is 0 Å². The van der Waals surface area contributed by atoms with E-state index in [4.69, 9.17) is 14.2 Å². The Hall–Kier alpha value is -3.72. The lowest BCUT2D eigenvalue weighted by Gasteiger charge is -2.25. The van der Waals surface area contributed by atoms with Gasteiger partial charge in [-0.2, -0.15) is 0 Å². The minimum atomic E-state index is -0.732. The van der Waals surface area contributed by atoms with Crippen LogP contribution in [0.25, 0.3) is 6.08 Å². The van der Waals surface area contributed by atoms with Gasteiger partial charge in [-0.15, -0.1) is 0 Å². The molecule has 0 amide bonds. The standard InChI is InChI=1S/C25H25N3O5S/c1-5-32-18-11-10-16(13-19(18)33-6-2)22-21(24(30)31-4)15(3)27-25-28(22)23(29)20(34-25)14-17-9-7-8-12-26-17/h7-14,22H,5-6H2,1-4H3/b20-14-. The second-order valence-corrected chi connectivity index (χ2v) is 8.41. The largest absolute Gasteiger partial charge is 0.490 e. The summed E-state index contributed by atoms with van der Waals surface area (Å²) >= 11 is 1.25. The quantitative estimate of drug-likeness (QED) is 0.484. The van der Waals surface area contributed by atoms with E-state index in [1.807, 2.05) is 38.1 Å². The maximum absolute atomic E-state index is 13.6. The van der Waals surface area contributed by atoms with Crippen molar-refractivity contribution in [2.45, 2.75) is 26.8 Å². The van der Waals surface area contributed by atoms with Gasteiger partial charge in [0.15, 0.2) is 16.3 Å². The molecule has 1 aromatic carbocycles. The number of carbonyl (C=O) groups is 1. The van der Waals surface area contributed by atoms with Crippen molar-refractivity contribution in [3.8, 4) is 11.5 Å². The summed E-state index contributed by atoms with van der Waals surface area (Å²) in [5.74, 6) is 0.587. The summed E-state index contributed by atoms with van der Waals surface area (Å²) in [7, 11) is 1.32. The van der Waals surface area contributed by atoms with Crippen molar-refractivity contribution >= 4 is 23.4 Å². The fourth-order valence-electron chi connectivity index (χ4n) is 3.84. The summed E-state index contributed by atoms with van der Waals surface area (Å²) < 4.78 is 18.5. The van der Waals surface area contributed by atoms with Crippen molar-refractivity contribution in [3.63, 3.8) is 0 Å². The number of hydrogen-bond acceptors (Lipinski definition) is 8. The maximum atomic E-state index is 13.6. The zero-order valence-electron chi connectivity index (χ0n) is 19.4. The van der Waals surface area contributed by atoms with Gasteiger partial charge >= 0.3 is 5.97 Å². The average Bonchev–Trinajstić information content (AvgIpc) is 3.14. The van der Waals surface area contributed by atoms with Gasteiger partial charge < -0.3 is 14.2 Å². The van der Waals surface area contributed by atoms with Crippen molar-refractivity contribution in [2.24, 2.45) is 4.99 Å². The van der Waals surface area contributed by atoms with Gasteiger partial charge in [-0.3, -0.25) is 14.3 Å². The number of benzene rings is 1. The molecule has 3 heterocycles. The first-order valence-corrected chi connectivity index (χ1v) is 11.7. The minimum Gasteiger partial charge on any atom is -0.490 e. The Morgan fingerprint density at radius 3 is 2.59 bits per heavy atom. The highest BCUT2D eigenvalue weighted by Crippen LogP contribution is 2.36. The monoisotopic (exact) mass is 479 g/mol. The average molecular weight is 480 g/mol. The Bertz CT molecular complexity index is 1420. The molecule has 0 spiro atoms. The molecular formula is C25H25N3O5S. The summed E-state index contributed by atoms with van der Waals surface area (Å²) in [6, 6.07) is 10.2. The number of esters is 1. The fraction of sp³-hybridized carbons (Fsp3) is 0.280. The van der Waals surface area contributed by atoms with Gasteiger partial charge in [-0.05, 0) is 56.7 Å². The number of pyridine rings is 1. The molecule has 1 aliphatic rings. The number of rotatable bonds is 7. The molecule has 176 valence electrons. The Morgan fingerprint density at radius 2 is 1.91 bits per heavy atom. The van der Waals surface area contributed by atoms with Gasteiger partial charge in [-0.1, -0.05) is 23.5 Å². The summed E-state index contributed by atoms with van der Waals surface area (Å²) in [5.41, 5.74) is 1.88. The van der Waals surface area contributed by atoms with Gasteiger partial charge in [0.1, 0.15) is 0 Å². The number of carbonyl (C=O) groups excluding carboxylic acids is 1. The van der Waals surface area contributed by atoms with E-state index in [1.165, 1.54) is 23.0 Å². The summed E-state index contributed by atoms with van der Waals surface area (Å²) in [4.78, 5) is 35.7. The Morgan fingerprint density at radius 1 is 1.15 bits per heavy atom. The highest BCUT2D eigenvalue weighted by atomic mass is 32.1. The van der Waals surface area contributed by atoms with Crippen LogP contribution in [0, 0.1) is 0 Å². The fourth-order valence-corrected chi connectivity index (χ4v) is 4.87. The van der Waals surface area contributed by atoms with Crippen LogP contribution >= 0.6 is 11.3 Å². The van der Waals surface area contributed by atoms with Crippen LogP contribution in [0.1, 0.15) is 38.1 Å². The van der Waals surface area contributed by atoms with E-state index in [1.54, 1.807) is 31.3 Å². The number of nitrogens with zero attached hydrogens (tertiary/aromatic N) is 3. The van der Waals surface area contributed by atoms with Crippen molar-refractivity contribution in [3.05, 3.63) is 84.8 Å². The molecule has 0 aliphatic carbocycles. The summed E-state index contributed by atoms with van der Waals surface area (Å²) in [6.45, 7) is 6.44. The van der Waals surface area contributed by atoms with Gasteiger partial charge in [0.2, 0.25) is 0 Å². The molecule has 1 atom stereocenters. The van der Waals surface area contributed by atoms with Crippen molar-refractivity contribution in [1.82, 2.24) is 9.55 Å². The number of hydrogen-bond donors (Lipinski definition) is 0. The first-order chi connectivity index (χ1) is 16.5. The number of fused-ring (bicyclic) bond motifs is 1. The van der Waals surface area contributed by atoms with Crippen LogP contribution in [0.15, 0.2) is 63.7 Å². The minimum absolute atomic E-state index is 0.264. The van der Waals surface area contributed by atoms with Gasteiger partial charge in [0, 0.05) is 6.20 Å². The zero-order valence-corrected chi connectivity index (χ0v) is 20.2. The Kier molecular flexibility index (Phi) is 6.93. The lowest BCUT2D eigenvalue weighted by Crippen LogP contribution is -2.39. The summed E-state index contributed by atoms with van der Waals surface area (Å²) in [6.07, 6.45) is 3.39. The molecule has 1 aliphatic heterocycles. The van der Waals surface area contributed by atoms with Crippen molar-refractivity contribution < 1.29 is 19.0 Å². The third-order valence-corrected chi connectivity index (χ3v) is 6.26. The molecule has 34 heavy (non-hydrogen) atoms. The van der Waals surface area contributed by atoms with E-state index in [2.05, 4.69) is 9.98 Å². The predicted octanol–water partition coefficient (Wildman–Crippen LogP) is 2.60. The second-order valence-electron chi connectivity index (χ2n) is 7.40. The molecule has 4 rings (SSSR count). The van der Waals surface area contributed by atoms with Crippen LogP contribution < -0.4 is 24.4 Å². The van der Waals surface area contributed by atoms with E-state index in [0.29, 0.717) is 56.6 Å². The van der Waals surface area contributed by atoms with E-state index in [0.717, 1.165) is 0 Å². The molecule has 0 N–H and O–H groups in total. The number of allylic oxidation sites excluding steroid dienone is 1. The van der Waals surface area contributed by atoms with Crippen LogP contribution in [0.2, 0.25) is 0 Å². The molecule has 9 heteroatoms. The topological polar surface area (TPSA) is 92.0 Å². The van der Waals surface area contributed by atoms with E-state index >= 15 is 0 Å². The molecule has 8 nitrogen and oxygen atoms in total. The third-order valence-electron chi connectivity index (χ3n) is 5.28. The van der Waals surface area contributed by atoms with Crippen molar-refractivity contribution in [2.75, 3.05) is 20.3 Å². The predicted molar refractivity (Wildman–Crippen MR) is 129 cm³/mol.